The van der Waals surface area contributed by atoms with Gasteiger partial charge in [0.15, 0.2) is 0 Å². The summed E-state index contributed by atoms with van der Waals surface area (Å²) in [5.74, 6) is 2.29. The first-order chi connectivity index (χ1) is 13.1. The summed E-state index contributed by atoms with van der Waals surface area (Å²) < 4.78 is 0. The van der Waals surface area contributed by atoms with Crippen LogP contribution in [0.3, 0.4) is 0 Å². The quantitative estimate of drug-likeness (QED) is 0.446. The van der Waals surface area contributed by atoms with Crippen molar-refractivity contribution >= 4 is 18.9 Å². The molecule has 0 saturated carbocycles. The van der Waals surface area contributed by atoms with E-state index in [4.69, 9.17) is 5.26 Å². The maximum atomic E-state index is 11.6. The van der Waals surface area contributed by atoms with E-state index in [1.165, 1.54) is 24.2 Å². The van der Waals surface area contributed by atoms with E-state index in [1.807, 2.05) is 12.1 Å². The van der Waals surface area contributed by atoms with Crippen LogP contribution in [0, 0.1) is 11.2 Å². The Hall–Kier alpha value is -2.17. The van der Waals surface area contributed by atoms with Gasteiger partial charge in [0.25, 0.3) is 6.71 Å². The summed E-state index contributed by atoms with van der Waals surface area (Å²) in [6.45, 7) is 5.31. The number of carbonyl (C=O) groups is 2. The SMILES string of the molecule is CN1CCNCC1.N#CB1Cc2cccc(CNC(=O)CCCC=O)c2C1.[HH]. The number of rotatable bonds is 6. The smallest absolute Gasteiger partial charge is 0.276 e. The lowest BCUT2D eigenvalue weighted by molar-refractivity contribution is -0.121. The Kier molecular flexibility index (Phi) is 9.03. The maximum absolute atomic E-state index is 11.6. The zero-order chi connectivity index (χ0) is 19.5. The van der Waals surface area contributed by atoms with Crippen LogP contribution in [0.2, 0.25) is 0 Å². The number of unbranched alkanes of at least 4 members (excludes halogenated alkanes) is 1. The van der Waals surface area contributed by atoms with E-state index >= 15 is 0 Å². The van der Waals surface area contributed by atoms with E-state index in [0.717, 1.165) is 37.6 Å². The summed E-state index contributed by atoms with van der Waals surface area (Å²) in [5, 5.41) is 15.2. The summed E-state index contributed by atoms with van der Waals surface area (Å²) in [5.41, 5.74) is 3.54. The number of likely N-dealkylation sites (N-methyl/N-ethyl adjacent to an activating group) is 1. The highest BCUT2D eigenvalue weighted by molar-refractivity contribution is 6.67. The normalized spacial score (nSPS) is 15.9. The van der Waals surface area contributed by atoms with Crippen molar-refractivity contribution in [2.24, 2.45) is 0 Å². The number of aldehydes is 1. The molecule has 0 spiro atoms. The van der Waals surface area contributed by atoms with E-state index in [0.29, 0.717) is 25.8 Å². The van der Waals surface area contributed by atoms with Crippen LogP contribution in [-0.2, 0) is 28.8 Å². The minimum absolute atomic E-state index is 0. The number of hydrogen-bond acceptors (Lipinski definition) is 5. The Labute approximate surface area is 163 Å². The van der Waals surface area contributed by atoms with Gasteiger partial charge in [-0.2, -0.15) is 0 Å². The largest absolute Gasteiger partial charge is 0.352 e. The van der Waals surface area contributed by atoms with Crippen LogP contribution in [-0.4, -0.2) is 57.0 Å². The van der Waals surface area contributed by atoms with Gasteiger partial charge in [-0.3, -0.25) is 4.79 Å². The fourth-order valence-corrected chi connectivity index (χ4v) is 3.39. The molecule has 2 heterocycles. The first kappa shape index (κ1) is 21.1. The third-order valence-corrected chi connectivity index (χ3v) is 5.01. The Bertz CT molecular complexity index is 675. The summed E-state index contributed by atoms with van der Waals surface area (Å²) in [6.07, 6.45) is 3.83. The van der Waals surface area contributed by atoms with E-state index in [-0.39, 0.29) is 14.0 Å². The van der Waals surface area contributed by atoms with E-state index < -0.39 is 0 Å². The third-order valence-electron chi connectivity index (χ3n) is 5.01. The Morgan fingerprint density at radius 1 is 1.41 bits per heavy atom. The highest BCUT2D eigenvalue weighted by Crippen LogP contribution is 2.24. The molecular formula is C20H31BN4O2. The molecule has 1 amide bonds. The van der Waals surface area contributed by atoms with Crippen molar-refractivity contribution in [1.29, 1.82) is 5.26 Å². The lowest BCUT2D eigenvalue weighted by atomic mass is 9.49. The van der Waals surface area contributed by atoms with Crippen LogP contribution < -0.4 is 10.6 Å². The first-order valence-corrected chi connectivity index (χ1v) is 9.73. The van der Waals surface area contributed by atoms with Crippen molar-refractivity contribution in [3.63, 3.8) is 0 Å². The molecule has 0 unspecified atom stereocenters. The van der Waals surface area contributed by atoms with Crippen molar-refractivity contribution in [2.75, 3.05) is 33.2 Å². The number of piperazine rings is 1. The van der Waals surface area contributed by atoms with E-state index in [1.54, 1.807) is 0 Å². The molecule has 146 valence electrons. The first-order valence-electron chi connectivity index (χ1n) is 9.73. The lowest BCUT2D eigenvalue weighted by Gasteiger charge is -2.21. The van der Waals surface area contributed by atoms with Crippen LogP contribution in [0.1, 0.15) is 37.4 Å². The third kappa shape index (κ3) is 7.16. The average Bonchev–Trinajstić information content (AvgIpc) is 3.12. The van der Waals surface area contributed by atoms with Crippen LogP contribution in [0.5, 0.6) is 0 Å². The van der Waals surface area contributed by atoms with E-state index in [2.05, 4.69) is 34.6 Å². The van der Waals surface area contributed by atoms with Gasteiger partial charge in [-0.1, -0.05) is 23.8 Å². The van der Waals surface area contributed by atoms with Gasteiger partial charge >= 0.3 is 0 Å². The molecule has 6 nitrogen and oxygen atoms in total. The molecule has 2 aliphatic rings. The van der Waals surface area contributed by atoms with Crippen molar-refractivity contribution in [3.05, 3.63) is 34.9 Å². The fourth-order valence-electron chi connectivity index (χ4n) is 3.39. The molecule has 2 aliphatic heterocycles. The summed E-state index contributed by atoms with van der Waals surface area (Å²) >= 11 is 0. The van der Waals surface area contributed by atoms with Gasteiger partial charge < -0.3 is 20.3 Å². The second-order valence-corrected chi connectivity index (χ2v) is 7.18. The highest BCUT2D eigenvalue weighted by Gasteiger charge is 2.26. The maximum Gasteiger partial charge on any atom is 0.276 e. The van der Waals surface area contributed by atoms with Crippen molar-refractivity contribution < 1.29 is 11.0 Å². The molecule has 27 heavy (non-hydrogen) atoms. The zero-order valence-electron chi connectivity index (χ0n) is 16.2. The van der Waals surface area contributed by atoms with Gasteiger partial charge in [0, 0.05) is 53.0 Å². The molecule has 1 saturated heterocycles. The van der Waals surface area contributed by atoms with Crippen molar-refractivity contribution in [2.45, 2.75) is 38.4 Å². The molecule has 0 aromatic heterocycles. The molecule has 7 heteroatoms. The van der Waals surface area contributed by atoms with Gasteiger partial charge in [-0.05, 0) is 37.2 Å². The molecule has 2 N–H and O–H groups in total. The molecule has 0 bridgehead atoms. The van der Waals surface area contributed by atoms with Gasteiger partial charge in [0.2, 0.25) is 5.91 Å². The molecular weight excluding hydrogens is 339 g/mol. The molecule has 0 atom stereocenters. The topological polar surface area (TPSA) is 85.2 Å². The molecule has 0 aliphatic carbocycles. The van der Waals surface area contributed by atoms with Crippen LogP contribution >= 0.6 is 0 Å². The molecule has 1 aromatic rings. The summed E-state index contributed by atoms with van der Waals surface area (Å²) in [7, 11) is 2.15. The number of nitrogens with one attached hydrogen (secondary N) is 2. The monoisotopic (exact) mass is 370 g/mol. The highest BCUT2D eigenvalue weighted by atomic mass is 16.1. The van der Waals surface area contributed by atoms with E-state index in [9.17, 15) is 9.59 Å². The molecule has 3 rings (SSSR count). The van der Waals surface area contributed by atoms with Gasteiger partial charge in [0.05, 0.1) is 0 Å². The molecule has 0 radical (unpaired) electrons. The van der Waals surface area contributed by atoms with Gasteiger partial charge in [-0.15, -0.1) is 0 Å². The predicted octanol–water partition coefficient (Wildman–Crippen LogP) is 1.17. The van der Waals surface area contributed by atoms with Gasteiger partial charge in [-0.25, -0.2) is 5.26 Å². The zero-order valence-corrected chi connectivity index (χ0v) is 16.2. The Morgan fingerprint density at radius 2 is 2.19 bits per heavy atom. The van der Waals surface area contributed by atoms with Crippen molar-refractivity contribution in [1.82, 2.24) is 15.5 Å². The number of nitriles is 1. The number of amides is 1. The number of carbonyl (C=O) groups excluding carboxylic acids is 2. The summed E-state index contributed by atoms with van der Waals surface area (Å²) in [6, 6.07) is 6.04. The Balaban J connectivity index is 0.000000414. The predicted molar refractivity (Wildman–Crippen MR) is 109 cm³/mol. The Morgan fingerprint density at radius 3 is 2.81 bits per heavy atom. The van der Waals surface area contributed by atoms with Crippen LogP contribution in [0.4, 0.5) is 0 Å². The van der Waals surface area contributed by atoms with Crippen LogP contribution in [0.25, 0.3) is 0 Å². The fraction of sp³-hybridized carbons (Fsp3) is 0.550. The number of fused-ring (bicyclic) bond motifs is 1. The minimum atomic E-state index is -0.0284. The standard InChI is InChI=1S/C15H17BN2O2.C5H12N2.H2/c17-11-16-8-12-4-3-5-13(14(12)9-16)10-18-15(20)6-1-2-7-19;1-7-4-2-6-3-5-7;/h3-5,7H,1-2,6,8-10H2,(H,18,20);6H,2-5H2,1H3;1H. The number of benzene rings is 1. The van der Waals surface area contributed by atoms with Crippen LogP contribution in [0.15, 0.2) is 18.2 Å². The second kappa shape index (κ2) is 11.5. The van der Waals surface area contributed by atoms with Crippen molar-refractivity contribution in [3.8, 4) is 5.97 Å². The van der Waals surface area contributed by atoms with Gasteiger partial charge in [0.1, 0.15) is 6.29 Å². The molecule has 1 fully saturated rings. The minimum Gasteiger partial charge on any atom is -0.352 e. The lowest BCUT2D eigenvalue weighted by Crippen LogP contribution is -2.40. The number of hydrogen-bond donors (Lipinski definition) is 2. The second-order valence-electron chi connectivity index (χ2n) is 7.18. The summed E-state index contributed by atoms with van der Waals surface area (Å²) in [4.78, 5) is 24.2. The average molecular weight is 370 g/mol. The molecule has 1 aromatic carbocycles. The number of nitrogens with zero attached hydrogens (tertiary/aromatic N) is 2.